The van der Waals surface area contributed by atoms with Crippen LogP contribution in [0.2, 0.25) is 5.02 Å². The van der Waals surface area contributed by atoms with E-state index in [0.717, 1.165) is 0 Å². The van der Waals surface area contributed by atoms with Crippen molar-refractivity contribution in [3.63, 3.8) is 0 Å². The minimum absolute atomic E-state index is 0.0389. The topological polar surface area (TPSA) is 58.6 Å². The number of ether oxygens (including phenoxy) is 1. The van der Waals surface area contributed by atoms with Gasteiger partial charge in [-0.1, -0.05) is 29.8 Å². The predicted molar refractivity (Wildman–Crippen MR) is 82.6 cm³/mol. The molecule has 0 aliphatic heterocycles. The normalized spacial score (nSPS) is 11.7. The summed E-state index contributed by atoms with van der Waals surface area (Å²) in [6.07, 6.45) is 0. The van der Waals surface area contributed by atoms with Crippen LogP contribution in [0.25, 0.3) is 0 Å². The maximum absolute atomic E-state index is 12.1. The van der Waals surface area contributed by atoms with Gasteiger partial charge in [-0.05, 0) is 37.3 Å². The first-order chi connectivity index (χ1) is 10.1. The van der Waals surface area contributed by atoms with E-state index in [2.05, 4.69) is 5.32 Å². The molecule has 2 aromatic carbocycles. The van der Waals surface area contributed by atoms with Gasteiger partial charge in [-0.25, -0.2) is 4.79 Å². The fourth-order valence-electron chi connectivity index (χ4n) is 1.93. The summed E-state index contributed by atoms with van der Waals surface area (Å²) in [5, 5.41) is 13.6. The molecule has 2 N–H and O–H groups in total. The van der Waals surface area contributed by atoms with Crippen LogP contribution in [0, 0.1) is 0 Å². The highest BCUT2D eigenvalue weighted by Crippen LogP contribution is 2.28. The van der Waals surface area contributed by atoms with Crippen LogP contribution in [-0.2, 0) is 9.53 Å². The number of anilines is 1. The van der Waals surface area contributed by atoms with Gasteiger partial charge in [-0.3, -0.25) is 0 Å². The number of esters is 1. The Kier molecular flexibility index (Phi) is 5.06. The third kappa shape index (κ3) is 3.89. The SMILES string of the molecule is CCOC(=O)C(Nc1ccc(Cl)cc1)c1ccccc1O. The summed E-state index contributed by atoms with van der Waals surface area (Å²) in [6.45, 7) is 2.01. The lowest BCUT2D eigenvalue weighted by molar-refractivity contribution is -0.144. The molecule has 0 fully saturated rings. The summed E-state index contributed by atoms with van der Waals surface area (Å²) in [5.41, 5.74) is 1.17. The molecule has 0 aliphatic carbocycles. The number of nitrogens with one attached hydrogen (secondary N) is 1. The number of hydrogen-bond donors (Lipinski definition) is 2. The average Bonchev–Trinajstić information content (AvgIpc) is 2.48. The lowest BCUT2D eigenvalue weighted by Crippen LogP contribution is -2.23. The van der Waals surface area contributed by atoms with E-state index in [9.17, 15) is 9.90 Å². The van der Waals surface area contributed by atoms with Crippen molar-refractivity contribution < 1.29 is 14.6 Å². The Balaban J connectivity index is 2.30. The van der Waals surface area contributed by atoms with Crippen LogP contribution in [0.5, 0.6) is 5.75 Å². The first-order valence-electron chi connectivity index (χ1n) is 6.58. The second kappa shape index (κ2) is 6.99. The first kappa shape index (κ1) is 15.2. The van der Waals surface area contributed by atoms with E-state index in [0.29, 0.717) is 16.3 Å². The molecule has 1 unspecified atom stereocenters. The summed E-state index contributed by atoms with van der Waals surface area (Å²) < 4.78 is 5.07. The number of phenolic OH excluding ortho intramolecular Hbond substituents is 1. The highest BCUT2D eigenvalue weighted by atomic mass is 35.5. The fourth-order valence-corrected chi connectivity index (χ4v) is 2.06. The van der Waals surface area contributed by atoms with Crippen molar-refractivity contribution in [3.05, 3.63) is 59.1 Å². The molecular formula is C16H16ClNO3. The third-order valence-electron chi connectivity index (χ3n) is 2.93. The molecule has 0 saturated carbocycles. The second-order valence-corrected chi connectivity index (χ2v) is 4.83. The van der Waals surface area contributed by atoms with Gasteiger partial charge in [0.2, 0.25) is 0 Å². The molecular weight excluding hydrogens is 290 g/mol. The number of aromatic hydroxyl groups is 1. The minimum atomic E-state index is -0.785. The van der Waals surface area contributed by atoms with Crippen LogP contribution in [0.1, 0.15) is 18.5 Å². The maximum Gasteiger partial charge on any atom is 0.333 e. The molecule has 1 atom stereocenters. The van der Waals surface area contributed by atoms with Crippen LogP contribution < -0.4 is 5.32 Å². The summed E-state index contributed by atoms with van der Waals surface area (Å²) in [7, 11) is 0. The van der Waals surface area contributed by atoms with Gasteiger partial charge in [0.1, 0.15) is 5.75 Å². The molecule has 21 heavy (non-hydrogen) atoms. The molecule has 0 bridgehead atoms. The summed E-state index contributed by atoms with van der Waals surface area (Å²) in [5.74, 6) is -0.411. The lowest BCUT2D eigenvalue weighted by Gasteiger charge is -2.19. The average molecular weight is 306 g/mol. The van der Waals surface area contributed by atoms with Gasteiger partial charge < -0.3 is 15.2 Å². The number of carbonyl (C=O) groups excluding carboxylic acids is 1. The number of phenols is 1. The van der Waals surface area contributed by atoms with E-state index < -0.39 is 12.0 Å². The molecule has 2 aromatic rings. The van der Waals surface area contributed by atoms with Crippen molar-refractivity contribution in [3.8, 4) is 5.75 Å². The van der Waals surface area contributed by atoms with Gasteiger partial charge in [0, 0.05) is 16.3 Å². The number of benzene rings is 2. The van der Waals surface area contributed by atoms with Crippen molar-refractivity contribution in [1.29, 1.82) is 0 Å². The van der Waals surface area contributed by atoms with Gasteiger partial charge in [0.25, 0.3) is 0 Å². The largest absolute Gasteiger partial charge is 0.508 e. The monoisotopic (exact) mass is 305 g/mol. The zero-order valence-corrected chi connectivity index (χ0v) is 12.3. The number of carbonyl (C=O) groups is 1. The molecule has 0 aromatic heterocycles. The minimum Gasteiger partial charge on any atom is -0.508 e. The van der Waals surface area contributed by atoms with Crippen molar-refractivity contribution in [1.82, 2.24) is 0 Å². The maximum atomic E-state index is 12.1. The van der Waals surface area contributed by atoms with E-state index in [1.807, 2.05) is 0 Å². The van der Waals surface area contributed by atoms with Gasteiger partial charge in [0.05, 0.1) is 6.61 Å². The third-order valence-corrected chi connectivity index (χ3v) is 3.18. The van der Waals surface area contributed by atoms with Crippen molar-refractivity contribution in [2.45, 2.75) is 13.0 Å². The molecule has 0 saturated heterocycles. The molecule has 0 aliphatic rings. The Hall–Kier alpha value is -2.20. The van der Waals surface area contributed by atoms with Crippen LogP contribution >= 0.6 is 11.6 Å². The zero-order chi connectivity index (χ0) is 15.2. The highest BCUT2D eigenvalue weighted by molar-refractivity contribution is 6.30. The van der Waals surface area contributed by atoms with Gasteiger partial charge in [0.15, 0.2) is 6.04 Å². The predicted octanol–water partition coefficient (Wildman–Crippen LogP) is 3.76. The fraction of sp³-hybridized carbons (Fsp3) is 0.188. The van der Waals surface area contributed by atoms with Crippen LogP contribution in [0.15, 0.2) is 48.5 Å². The Bertz CT molecular complexity index is 613. The number of para-hydroxylation sites is 1. The highest BCUT2D eigenvalue weighted by Gasteiger charge is 2.24. The number of rotatable bonds is 5. The van der Waals surface area contributed by atoms with E-state index >= 15 is 0 Å². The van der Waals surface area contributed by atoms with Crippen LogP contribution in [0.3, 0.4) is 0 Å². The van der Waals surface area contributed by atoms with E-state index in [4.69, 9.17) is 16.3 Å². The molecule has 0 amide bonds. The Morgan fingerprint density at radius 3 is 2.52 bits per heavy atom. The molecule has 5 heteroatoms. The molecule has 2 rings (SSSR count). The Morgan fingerprint density at radius 2 is 1.90 bits per heavy atom. The Morgan fingerprint density at radius 1 is 1.24 bits per heavy atom. The van der Waals surface area contributed by atoms with Gasteiger partial charge >= 0.3 is 5.97 Å². The van der Waals surface area contributed by atoms with Crippen molar-refractivity contribution in [2.24, 2.45) is 0 Å². The molecule has 4 nitrogen and oxygen atoms in total. The quantitative estimate of drug-likeness (QED) is 0.826. The Labute approximate surface area is 128 Å². The standard InChI is InChI=1S/C16H16ClNO3/c1-2-21-16(20)15(13-5-3-4-6-14(13)19)18-12-9-7-11(17)8-10-12/h3-10,15,18-19H,2H2,1H3. The zero-order valence-electron chi connectivity index (χ0n) is 11.5. The lowest BCUT2D eigenvalue weighted by atomic mass is 10.1. The summed E-state index contributed by atoms with van der Waals surface area (Å²) >= 11 is 5.84. The molecule has 0 spiro atoms. The van der Waals surface area contributed by atoms with Crippen LogP contribution in [0.4, 0.5) is 5.69 Å². The second-order valence-electron chi connectivity index (χ2n) is 4.40. The van der Waals surface area contributed by atoms with E-state index in [1.54, 1.807) is 49.4 Å². The first-order valence-corrected chi connectivity index (χ1v) is 6.96. The number of halogens is 1. The molecule has 110 valence electrons. The van der Waals surface area contributed by atoms with E-state index in [-0.39, 0.29) is 12.4 Å². The van der Waals surface area contributed by atoms with Crippen LogP contribution in [-0.4, -0.2) is 17.7 Å². The smallest absolute Gasteiger partial charge is 0.333 e. The van der Waals surface area contributed by atoms with E-state index in [1.165, 1.54) is 6.07 Å². The molecule has 0 heterocycles. The number of hydrogen-bond acceptors (Lipinski definition) is 4. The van der Waals surface area contributed by atoms with Gasteiger partial charge in [-0.15, -0.1) is 0 Å². The van der Waals surface area contributed by atoms with Gasteiger partial charge in [-0.2, -0.15) is 0 Å². The molecule has 0 radical (unpaired) electrons. The van der Waals surface area contributed by atoms with Crippen molar-refractivity contribution in [2.75, 3.05) is 11.9 Å². The summed E-state index contributed by atoms with van der Waals surface area (Å²) in [6, 6.07) is 12.8. The summed E-state index contributed by atoms with van der Waals surface area (Å²) in [4.78, 5) is 12.1. The van der Waals surface area contributed by atoms with Crippen molar-refractivity contribution >= 4 is 23.3 Å².